The van der Waals surface area contributed by atoms with E-state index in [1.807, 2.05) is 12.1 Å². The van der Waals surface area contributed by atoms with Crippen LogP contribution >= 0.6 is 11.3 Å². The third-order valence-corrected chi connectivity index (χ3v) is 3.11. The fourth-order valence-electron chi connectivity index (χ4n) is 1.15. The van der Waals surface area contributed by atoms with E-state index in [2.05, 4.69) is 5.32 Å². The van der Waals surface area contributed by atoms with Gasteiger partial charge in [-0.2, -0.15) is 10.5 Å². The summed E-state index contributed by atoms with van der Waals surface area (Å²) in [5.74, 6) is 0. The van der Waals surface area contributed by atoms with Crippen molar-refractivity contribution in [3.63, 3.8) is 0 Å². The molecule has 0 bridgehead atoms. The second-order valence-electron chi connectivity index (χ2n) is 3.19. The lowest BCUT2D eigenvalue weighted by Gasteiger charge is -1.99. The Balaban J connectivity index is 2.38. The molecule has 1 aliphatic carbocycles. The molecule has 5 heteroatoms. The Kier molecular flexibility index (Phi) is 2.03. The molecule has 0 amide bonds. The lowest BCUT2D eigenvalue weighted by molar-refractivity contribution is 1.17. The number of nitrogen functional groups attached to an aromatic ring is 1. The van der Waals surface area contributed by atoms with E-state index in [1.54, 1.807) is 0 Å². The molecule has 1 fully saturated rings. The molecule has 1 saturated carbocycles. The van der Waals surface area contributed by atoms with Crippen LogP contribution in [0.1, 0.15) is 23.3 Å². The molecule has 14 heavy (non-hydrogen) atoms. The number of nitrogens with zero attached hydrogens (tertiary/aromatic N) is 2. The third kappa shape index (κ3) is 1.39. The van der Waals surface area contributed by atoms with Gasteiger partial charge in [-0.25, -0.2) is 0 Å². The Morgan fingerprint density at radius 1 is 1.36 bits per heavy atom. The monoisotopic (exact) mass is 204 g/mol. The van der Waals surface area contributed by atoms with Gasteiger partial charge in [0.25, 0.3) is 0 Å². The molecular formula is C9H8N4S. The van der Waals surface area contributed by atoms with Gasteiger partial charge in [-0.1, -0.05) is 0 Å². The van der Waals surface area contributed by atoms with Crippen molar-refractivity contribution in [3.8, 4) is 12.1 Å². The summed E-state index contributed by atoms with van der Waals surface area (Å²) < 4.78 is 0. The lowest BCUT2D eigenvalue weighted by atomic mass is 10.2. The summed E-state index contributed by atoms with van der Waals surface area (Å²) in [7, 11) is 0. The van der Waals surface area contributed by atoms with Gasteiger partial charge in [0.05, 0.1) is 5.69 Å². The number of hydrogen-bond donors (Lipinski definition) is 2. The van der Waals surface area contributed by atoms with Gasteiger partial charge < -0.3 is 11.1 Å². The molecule has 0 unspecified atom stereocenters. The zero-order chi connectivity index (χ0) is 10.1. The molecule has 4 nitrogen and oxygen atoms in total. The molecule has 0 spiro atoms. The summed E-state index contributed by atoms with van der Waals surface area (Å²) >= 11 is 1.26. The molecule has 1 aromatic heterocycles. The van der Waals surface area contributed by atoms with Crippen molar-refractivity contribution in [2.75, 3.05) is 11.1 Å². The Morgan fingerprint density at radius 3 is 2.57 bits per heavy atom. The first-order valence-corrected chi connectivity index (χ1v) is 5.07. The van der Waals surface area contributed by atoms with Crippen molar-refractivity contribution in [1.29, 1.82) is 10.5 Å². The molecule has 0 saturated heterocycles. The van der Waals surface area contributed by atoms with Gasteiger partial charge >= 0.3 is 0 Å². The lowest BCUT2D eigenvalue weighted by Crippen LogP contribution is -2.00. The topological polar surface area (TPSA) is 85.6 Å². The Hall–Kier alpha value is -1.72. The van der Waals surface area contributed by atoms with Gasteiger partial charge in [0.15, 0.2) is 0 Å². The molecule has 0 radical (unpaired) electrons. The predicted octanol–water partition coefficient (Wildman–Crippen LogP) is 1.65. The number of rotatable bonds is 2. The average molecular weight is 204 g/mol. The maximum atomic E-state index is 8.87. The highest BCUT2D eigenvalue weighted by atomic mass is 32.1. The summed E-state index contributed by atoms with van der Waals surface area (Å²) in [5, 5.41) is 21.5. The molecule has 0 aliphatic heterocycles. The average Bonchev–Trinajstić information content (AvgIpc) is 2.92. The summed E-state index contributed by atoms with van der Waals surface area (Å²) in [5.41, 5.74) is 6.37. The minimum Gasteiger partial charge on any atom is -0.396 e. The van der Waals surface area contributed by atoms with Crippen LogP contribution in [-0.2, 0) is 0 Å². The van der Waals surface area contributed by atoms with Crippen molar-refractivity contribution in [1.82, 2.24) is 0 Å². The van der Waals surface area contributed by atoms with E-state index in [0.717, 1.165) is 17.8 Å². The number of hydrogen-bond acceptors (Lipinski definition) is 5. The SMILES string of the molecule is N#Cc1sc(NC2CC2)c(C#N)c1N. The second kappa shape index (κ2) is 3.21. The molecule has 0 aromatic carbocycles. The summed E-state index contributed by atoms with van der Waals surface area (Å²) in [4.78, 5) is 0.421. The number of nitriles is 2. The highest BCUT2D eigenvalue weighted by Crippen LogP contribution is 2.37. The van der Waals surface area contributed by atoms with E-state index in [4.69, 9.17) is 16.3 Å². The van der Waals surface area contributed by atoms with E-state index in [0.29, 0.717) is 22.2 Å². The molecule has 2 rings (SSSR count). The van der Waals surface area contributed by atoms with E-state index in [1.165, 1.54) is 11.3 Å². The van der Waals surface area contributed by atoms with Crippen LogP contribution in [0, 0.1) is 22.7 Å². The predicted molar refractivity (Wildman–Crippen MR) is 54.8 cm³/mol. The molecule has 1 aromatic rings. The normalized spacial score (nSPS) is 14.4. The van der Waals surface area contributed by atoms with Crippen molar-refractivity contribution in [3.05, 3.63) is 10.4 Å². The van der Waals surface area contributed by atoms with E-state index < -0.39 is 0 Å². The standard InChI is InChI=1S/C9H8N4S/c10-3-6-8(12)7(4-11)14-9(6)13-5-1-2-5/h5,13H,1-2,12H2. The van der Waals surface area contributed by atoms with Gasteiger partial charge in [-0.15, -0.1) is 11.3 Å². The van der Waals surface area contributed by atoms with Crippen molar-refractivity contribution < 1.29 is 0 Å². The number of nitrogens with one attached hydrogen (secondary N) is 1. The number of anilines is 2. The van der Waals surface area contributed by atoms with Crippen molar-refractivity contribution in [2.24, 2.45) is 0 Å². The molecule has 1 aliphatic rings. The molecule has 3 N–H and O–H groups in total. The highest BCUT2D eigenvalue weighted by molar-refractivity contribution is 7.17. The van der Waals surface area contributed by atoms with E-state index >= 15 is 0 Å². The van der Waals surface area contributed by atoms with Crippen LogP contribution < -0.4 is 11.1 Å². The zero-order valence-electron chi connectivity index (χ0n) is 7.37. The fraction of sp³-hybridized carbons (Fsp3) is 0.333. The van der Waals surface area contributed by atoms with Crippen LogP contribution in [0.25, 0.3) is 0 Å². The van der Waals surface area contributed by atoms with Crippen LogP contribution in [0.5, 0.6) is 0 Å². The van der Waals surface area contributed by atoms with Gasteiger partial charge in [0.2, 0.25) is 0 Å². The van der Waals surface area contributed by atoms with Gasteiger partial charge in [-0.3, -0.25) is 0 Å². The van der Waals surface area contributed by atoms with Gasteiger partial charge in [0, 0.05) is 6.04 Å². The fourth-order valence-corrected chi connectivity index (χ4v) is 2.10. The van der Waals surface area contributed by atoms with Crippen LogP contribution in [0.2, 0.25) is 0 Å². The van der Waals surface area contributed by atoms with Crippen molar-refractivity contribution >= 4 is 22.0 Å². The van der Waals surface area contributed by atoms with Crippen LogP contribution in [-0.4, -0.2) is 6.04 Å². The first-order valence-electron chi connectivity index (χ1n) is 4.25. The van der Waals surface area contributed by atoms with Crippen molar-refractivity contribution in [2.45, 2.75) is 18.9 Å². The minimum atomic E-state index is 0.308. The molecule has 1 heterocycles. The molecule has 0 atom stereocenters. The quantitative estimate of drug-likeness (QED) is 0.766. The maximum absolute atomic E-state index is 8.87. The van der Waals surface area contributed by atoms with Crippen LogP contribution in [0.15, 0.2) is 0 Å². The van der Waals surface area contributed by atoms with E-state index in [9.17, 15) is 0 Å². The third-order valence-electron chi connectivity index (χ3n) is 2.07. The first-order chi connectivity index (χ1) is 6.76. The maximum Gasteiger partial charge on any atom is 0.131 e. The number of nitrogens with two attached hydrogens (primary N) is 1. The Morgan fingerprint density at radius 2 is 2.07 bits per heavy atom. The number of thiophene rings is 1. The summed E-state index contributed by atoms with van der Waals surface area (Å²) in [6.45, 7) is 0. The van der Waals surface area contributed by atoms with Crippen LogP contribution in [0.3, 0.4) is 0 Å². The van der Waals surface area contributed by atoms with E-state index in [-0.39, 0.29) is 0 Å². The molecule has 70 valence electrons. The van der Waals surface area contributed by atoms with Crippen LogP contribution in [0.4, 0.5) is 10.7 Å². The first kappa shape index (κ1) is 8.86. The summed E-state index contributed by atoms with van der Waals surface area (Å²) in [6, 6.07) is 4.47. The Labute approximate surface area is 85.6 Å². The highest BCUT2D eigenvalue weighted by Gasteiger charge is 2.24. The Bertz CT molecular complexity index is 445. The smallest absolute Gasteiger partial charge is 0.131 e. The molecular weight excluding hydrogens is 196 g/mol. The summed E-state index contributed by atoms with van der Waals surface area (Å²) in [6.07, 6.45) is 2.26. The van der Waals surface area contributed by atoms with Gasteiger partial charge in [-0.05, 0) is 12.8 Å². The minimum absolute atomic E-state index is 0.308. The zero-order valence-corrected chi connectivity index (χ0v) is 8.19. The second-order valence-corrected chi connectivity index (χ2v) is 4.21. The largest absolute Gasteiger partial charge is 0.396 e. The van der Waals surface area contributed by atoms with Gasteiger partial charge in [0.1, 0.15) is 27.6 Å².